The van der Waals surface area contributed by atoms with Gasteiger partial charge >= 0.3 is 0 Å². The van der Waals surface area contributed by atoms with Crippen molar-refractivity contribution in [2.24, 2.45) is 7.05 Å². The Kier molecular flexibility index (Phi) is 2.65. The van der Waals surface area contributed by atoms with Gasteiger partial charge in [0.1, 0.15) is 6.07 Å². The van der Waals surface area contributed by atoms with Gasteiger partial charge in [-0.2, -0.15) is 5.26 Å². The number of rotatable bonds is 1. The van der Waals surface area contributed by atoms with Gasteiger partial charge in [-0.3, -0.25) is 0 Å². The molecule has 5 heteroatoms. The van der Waals surface area contributed by atoms with Crippen LogP contribution in [0.2, 0.25) is 0 Å². The first-order valence-electron chi connectivity index (χ1n) is 6.19. The molecule has 2 heterocycles. The van der Waals surface area contributed by atoms with Gasteiger partial charge in [-0.15, -0.1) is 0 Å². The molecule has 0 aliphatic heterocycles. The maximum atomic E-state index is 9.09. The Bertz CT molecular complexity index is 855. The van der Waals surface area contributed by atoms with E-state index in [-0.39, 0.29) is 5.69 Å². The molecule has 2 N–H and O–H groups in total. The van der Waals surface area contributed by atoms with Gasteiger partial charge < -0.3 is 10.3 Å². The summed E-state index contributed by atoms with van der Waals surface area (Å²) in [5.74, 6) is 0. The molecule has 0 aliphatic rings. The summed E-state index contributed by atoms with van der Waals surface area (Å²) < 4.78 is 1.96. The van der Waals surface area contributed by atoms with E-state index >= 15 is 0 Å². The normalized spacial score (nSPS) is 10.7. The molecule has 0 aliphatic carbocycles. The summed E-state index contributed by atoms with van der Waals surface area (Å²) in [4.78, 5) is 8.81. The van der Waals surface area contributed by atoms with Gasteiger partial charge in [0.05, 0.1) is 28.7 Å². The number of anilines is 1. The van der Waals surface area contributed by atoms with Crippen LogP contribution in [0, 0.1) is 18.3 Å². The van der Waals surface area contributed by atoms with Crippen molar-refractivity contribution in [3.8, 4) is 17.3 Å². The quantitative estimate of drug-likeness (QED) is 0.731. The second-order valence-corrected chi connectivity index (χ2v) is 4.73. The van der Waals surface area contributed by atoms with Crippen molar-refractivity contribution in [2.45, 2.75) is 6.92 Å². The lowest BCUT2D eigenvalue weighted by molar-refractivity contribution is 0.948. The number of nitrogens with two attached hydrogens (primary N) is 1. The Balaban J connectivity index is 2.34. The van der Waals surface area contributed by atoms with E-state index in [9.17, 15) is 0 Å². The van der Waals surface area contributed by atoms with Crippen LogP contribution in [0.1, 0.15) is 11.3 Å². The second kappa shape index (κ2) is 4.35. The zero-order chi connectivity index (χ0) is 14.3. The first-order valence-corrected chi connectivity index (χ1v) is 6.19. The molecule has 0 radical (unpaired) electrons. The van der Waals surface area contributed by atoms with Gasteiger partial charge in [0, 0.05) is 12.6 Å². The maximum Gasteiger partial charge on any atom is 0.164 e. The SMILES string of the molecule is Cc1cc(N)c(C#N)nc1-c1cccc2c1ncn2C. The zero-order valence-electron chi connectivity index (χ0n) is 11.3. The topological polar surface area (TPSA) is 80.5 Å². The molecule has 0 saturated carbocycles. The van der Waals surface area contributed by atoms with Gasteiger partial charge in [-0.05, 0) is 24.6 Å². The monoisotopic (exact) mass is 263 g/mol. The highest BCUT2D eigenvalue weighted by atomic mass is 15.0. The lowest BCUT2D eigenvalue weighted by Gasteiger charge is -2.08. The van der Waals surface area contributed by atoms with Crippen LogP contribution in [0.25, 0.3) is 22.3 Å². The third-order valence-corrected chi connectivity index (χ3v) is 3.36. The van der Waals surface area contributed by atoms with Crippen molar-refractivity contribution in [2.75, 3.05) is 5.73 Å². The summed E-state index contributed by atoms with van der Waals surface area (Å²) in [6.45, 7) is 1.93. The van der Waals surface area contributed by atoms with E-state index in [1.54, 1.807) is 12.4 Å². The van der Waals surface area contributed by atoms with Crippen molar-refractivity contribution < 1.29 is 0 Å². The largest absolute Gasteiger partial charge is 0.396 e. The number of benzene rings is 1. The first-order chi connectivity index (χ1) is 9.61. The highest BCUT2D eigenvalue weighted by molar-refractivity contribution is 5.92. The first kappa shape index (κ1) is 12.2. The van der Waals surface area contributed by atoms with Crippen LogP contribution in [0.5, 0.6) is 0 Å². The number of fused-ring (bicyclic) bond motifs is 1. The van der Waals surface area contributed by atoms with Crippen molar-refractivity contribution in [1.29, 1.82) is 5.26 Å². The Morgan fingerprint density at radius 1 is 1.35 bits per heavy atom. The van der Waals surface area contributed by atoms with Crippen LogP contribution in [-0.2, 0) is 7.05 Å². The second-order valence-electron chi connectivity index (χ2n) is 4.73. The van der Waals surface area contributed by atoms with E-state index in [0.29, 0.717) is 5.69 Å². The highest BCUT2D eigenvalue weighted by Crippen LogP contribution is 2.29. The van der Waals surface area contributed by atoms with Crippen LogP contribution < -0.4 is 5.73 Å². The number of hydrogen-bond donors (Lipinski definition) is 1. The lowest BCUT2D eigenvalue weighted by atomic mass is 10.0. The van der Waals surface area contributed by atoms with Crippen LogP contribution in [0.15, 0.2) is 30.6 Å². The Labute approximate surface area is 116 Å². The van der Waals surface area contributed by atoms with E-state index in [1.807, 2.05) is 42.8 Å². The fourth-order valence-electron chi connectivity index (χ4n) is 2.35. The predicted octanol–water partition coefficient (Wildman–Crippen LogP) is 2.40. The molecule has 20 heavy (non-hydrogen) atoms. The predicted molar refractivity (Wildman–Crippen MR) is 77.8 cm³/mol. The lowest BCUT2D eigenvalue weighted by Crippen LogP contribution is -1.99. The van der Waals surface area contributed by atoms with E-state index in [4.69, 9.17) is 11.0 Å². The number of aryl methyl sites for hydroxylation is 2. The van der Waals surface area contributed by atoms with Crippen LogP contribution in [-0.4, -0.2) is 14.5 Å². The molecule has 2 aromatic heterocycles. The third kappa shape index (κ3) is 1.70. The molecule has 0 unspecified atom stereocenters. The Hall–Kier alpha value is -2.87. The van der Waals surface area contributed by atoms with Crippen molar-refractivity contribution >= 4 is 16.7 Å². The minimum Gasteiger partial charge on any atom is -0.396 e. The third-order valence-electron chi connectivity index (χ3n) is 3.36. The number of hydrogen-bond acceptors (Lipinski definition) is 4. The van der Waals surface area contributed by atoms with E-state index in [1.165, 1.54) is 0 Å². The fraction of sp³-hybridized carbons (Fsp3) is 0.133. The van der Waals surface area contributed by atoms with Crippen molar-refractivity contribution in [3.05, 3.63) is 41.9 Å². The Morgan fingerprint density at radius 2 is 2.15 bits per heavy atom. The Morgan fingerprint density at radius 3 is 2.90 bits per heavy atom. The summed E-state index contributed by atoms with van der Waals surface area (Å²) in [7, 11) is 1.95. The average Bonchev–Trinajstić information content (AvgIpc) is 2.81. The van der Waals surface area contributed by atoms with Crippen LogP contribution in [0.4, 0.5) is 5.69 Å². The molecule has 5 nitrogen and oxygen atoms in total. The van der Waals surface area contributed by atoms with E-state index in [0.717, 1.165) is 27.9 Å². The van der Waals surface area contributed by atoms with Crippen molar-refractivity contribution in [3.63, 3.8) is 0 Å². The van der Waals surface area contributed by atoms with Crippen LogP contribution in [0.3, 0.4) is 0 Å². The summed E-state index contributed by atoms with van der Waals surface area (Å²) in [5, 5.41) is 9.09. The van der Waals surface area contributed by atoms with E-state index in [2.05, 4.69) is 9.97 Å². The van der Waals surface area contributed by atoms with Gasteiger partial charge in [-0.25, -0.2) is 9.97 Å². The summed E-state index contributed by atoms with van der Waals surface area (Å²) in [5.41, 5.74) is 10.9. The molecule has 0 fully saturated rings. The maximum absolute atomic E-state index is 9.09. The molecule has 3 rings (SSSR count). The fourth-order valence-corrected chi connectivity index (χ4v) is 2.35. The minimum atomic E-state index is 0.249. The summed E-state index contributed by atoms with van der Waals surface area (Å²) in [6, 6.07) is 9.73. The molecule has 3 aromatic rings. The van der Waals surface area contributed by atoms with Gasteiger partial charge in [0.25, 0.3) is 0 Å². The molecular formula is C15H13N5. The summed E-state index contributed by atoms with van der Waals surface area (Å²) >= 11 is 0. The molecule has 98 valence electrons. The van der Waals surface area contributed by atoms with Gasteiger partial charge in [0.2, 0.25) is 0 Å². The molecule has 0 bridgehead atoms. The van der Waals surface area contributed by atoms with E-state index < -0.39 is 0 Å². The minimum absolute atomic E-state index is 0.249. The standard InChI is InChI=1S/C15H13N5/c1-9-6-11(17)12(7-16)19-14(9)10-4-3-5-13-15(10)18-8-20(13)2/h3-6,8H,17H2,1-2H3. The number of pyridine rings is 1. The smallest absolute Gasteiger partial charge is 0.164 e. The number of imidazole rings is 1. The molecule has 1 aromatic carbocycles. The molecule has 0 saturated heterocycles. The number of nitrogen functional groups attached to an aromatic ring is 1. The summed E-state index contributed by atoms with van der Waals surface area (Å²) in [6.07, 6.45) is 1.77. The molecular weight excluding hydrogens is 250 g/mol. The molecule has 0 amide bonds. The number of nitrogens with zero attached hydrogens (tertiary/aromatic N) is 4. The van der Waals surface area contributed by atoms with Gasteiger partial charge in [0.15, 0.2) is 5.69 Å². The molecule has 0 spiro atoms. The van der Waals surface area contributed by atoms with Crippen LogP contribution >= 0.6 is 0 Å². The number of para-hydroxylation sites is 1. The molecule has 0 atom stereocenters. The highest BCUT2D eigenvalue weighted by Gasteiger charge is 2.13. The number of aromatic nitrogens is 3. The van der Waals surface area contributed by atoms with Gasteiger partial charge in [-0.1, -0.05) is 12.1 Å². The zero-order valence-corrected chi connectivity index (χ0v) is 11.3. The van der Waals surface area contributed by atoms with Crippen molar-refractivity contribution in [1.82, 2.24) is 14.5 Å². The average molecular weight is 263 g/mol. The number of nitriles is 1.